The fourth-order valence-corrected chi connectivity index (χ4v) is 5.14. The van der Waals surface area contributed by atoms with Crippen LogP contribution in [0, 0.1) is 5.92 Å². The molecule has 216 valence electrons. The van der Waals surface area contributed by atoms with Gasteiger partial charge in [0, 0.05) is 6.42 Å². The second-order valence-corrected chi connectivity index (χ2v) is 12.0. The van der Waals surface area contributed by atoms with E-state index in [1.807, 2.05) is 0 Å². The van der Waals surface area contributed by atoms with E-state index in [1.165, 1.54) is 161 Å². The van der Waals surface area contributed by atoms with Gasteiger partial charge in [-0.2, -0.15) is 0 Å². The number of hydrogen-bond donors (Lipinski definition) is 0. The van der Waals surface area contributed by atoms with Gasteiger partial charge in [-0.3, -0.25) is 4.79 Å². The van der Waals surface area contributed by atoms with Crippen LogP contribution in [0.5, 0.6) is 0 Å². The van der Waals surface area contributed by atoms with Crippen molar-refractivity contribution in [3.05, 3.63) is 0 Å². The Kier molecular flexibility index (Phi) is 30.2. The molecule has 0 atom stereocenters. The lowest BCUT2D eigenvalue weighted by atomic mass is 10.0. The third kappa shape index (κ3) is 31.5. The summed E-state index contributed by atoms with van der Waals surface area (Å²) in [5.41, 5.74) is 0. The molecule has 0 N–H and O–H groups in total. The Labute approximate surface area is 228 Å². The first-order valence-corrected chi connectivity index (χ1v) is 16.8. The topological polar surface area (TPSA) is 26.3 Å². The Morgan fingerprint density at radius 2 is 0.806 bits per heavy atom. The molecule has 0 aliphatic rings. The molecule has 0 saturated heterocycles. The summed E-state index contributed by atoms with van der Waals surface area (Å²) < 4.78 is 5.42. The molecule has 0 aliphatic carbocycles. The Morgan fingerprint density at radius 1 is 0.472 bits per heavy atom. The first-order valence-electron chi connectivity index (χ1n) is 16.8. The minimum absolute atomic E-state index is 0.0250. The van der Waals surface area contributed by atoms with Crippen LogP contribution >= 0.6 is 0 Å². The van der Waals surface area contributed by atoms with Crippen molar-refractivity contribution in [2.24, 2.45) is 5.92 Å². The van der Waals surface area contributed by atoms with Crippen molar-refractivity contribution in [3.63, 3.8) is 0 Å². The molecule has 0 aromatic heterocycles. The Morgan fingerprint density at radius 3 is 1.19 bits per heavy atom. The molecule has 0 amide bonds. The number of rotatable bonds is 30. The summed E-state index contributed by atoms with van der Waals surface area (Å²) in [5, 5.41) is 0. The van der Waals surface area contributed by atoms with Gasteiger partial charge >= 0.3 is 5.97 Å². The maximum absolute atomic E-state index is 11.9. The lowest BCUT2D eigenvalue weighted by Crippen LogP contribution is -2.05. The zero-order valence-electron chi connectivity index (χ0n) is 25.4. The summed E-state index contributed by atoms with van der Waals surface area (Å²) in [6.07, 6.45) is 37.2. The zero-order chi connectivity index (χ0) is 26.4. The molecule has 0 heterocycles. The van der Waals surface area contributed by atoms with Gasteiger partial charge in [-0.15, -0.1) is 0 Å². The number of esters is 1. The van der Waals surface area contributed by atoms with Crippen molar-refractivity contribution in [2.45, 2.75) is 201 Å². The lowest BCUT2D eigenvalue weighted by molar-refractivity contribution is -0.143. The van der Waals surface area contributed by atoms with Crippen LogP contribution in [0.25, 0.3) is 0 Å². The van der Waals surface area contributed by atoms with E-state index >= 15 is 0 Å². The van der Waals surface area contributed by atoms with E-state index in [0.29, 0.717) is 13.0 Å². The van der Waals surface area contributed by atoms with E-state index in [2.05, 4.69) is 20.8 Å². The monoisotopic (exact) mass is 509 g/mol. The molecule has 0 spiro atoms. The van der Waals surface area contributed by atoms with Gasteiger partial charge in [-0.05, 0) is 18.8 Å². The third-order valence-electron chi connectivity index (χ3n) is 7.67. The van der Waals surface area contributed by atoms with Crippen LogP contribution < -0.4 is 0 Å². The van der Waals surface area contributed by atoms with E-state index in [0.717, 1.165) is 18.8 Å². The zero-order valence-corrected chi connectivity index (χ0v) is 25.4. The summed E-state index contributed by atoms with van der Waals surface area (Å²) in [6.45, 7) is 7.58. The predicted octanol–water partition coefficient (Wildman–Crippen LogP) is 12.1. The average molecular weight is 509 g/mol. The van der Waals surface area contributed by atoms with Crippen LogP contribution in [0.1, 0.15) is 201 Å². The second-order valence-electron chi connectivity index (χ2n) is 12.0. The Balaban J connectivity index is 3.14. The Hall–Kier alpha value is -0.530. The molecular weight excluding hydrogens is 440 g/mol. The van der Waals surface area contributed by atoms with Crippen LogP contribution in [0.3, 0.4) is 0 Å². The van der Waals surface area contributed by atoms with E-state index in [4.69, 9.17) is 4.74 Å². The standard InChI is InChI=1S/C34H68O2/c1-4-5-6-7-8-9-15-19-22-25-28-31-34(35)36-32-29-26-23-20-17-14-12-10-11-13-16-18-21-24-27-30-33(2)3/h33H,4-32H2,1-3H3. The van der Waals surface area contributed by atoms with E-state index in [9.17, 15) is 4.79 Å². The van der Waals surface area contributed by atoms with Crippen molar-refractivity contribution < 1.29 is 9.53 Å². The number of carbonyl (C=O) groups is 1. The second kappa shape index (κ2) is 30.7. The molecular formula is C34H68O2. The molecule has 0 aromatic rings. The van der Waals surface area contributed by atoms with Crippen molar-refractivity contribution in [1.82, 2.24) is 0 Å². The van der Waals surface area contributed by atoms with Gasteiger partial charge < -0.3 is 4.74 Å². The number of carbonyl (C=O) groups excluding carboxylic acids is 1. The smallest absolute Gasteiger partial charge is 0.305 e. The highest BCUT2D eigenvalue weighted by molar-refractivity contribution is 5.69. The largest absolute Gasteiger partial charge is 0.466 e. The highest BCUT2D eigenvalue weighted by Gasteiger charge is 2.03. The summed E-state index contributed by atoms with van der Waals surface area (Å²) in [5.74, 6) is 0.903. The normalized spacial score (nSPS) is 11.4. The molecule has 2 nitrogen and oxygen atoms in total. The summed E-state index contributed by atoms with van der Waals surface area (Å²) in [7, 11) is 0. The van der Waals surface area contributed by atoms with E-state index in [-0.39, 0.29) is 5.97 Å². The van der Waals surface area contributed by atoms with Gasteiger partial charge in [0.1, 0.15) is 0 Å². The average Bonchev–Trinajstić information content (AvgIpc) is 2.86. The number of unbranched alkanes of at least 4 members (excludes halogenated alkanes) is 24. The van der Waals surface area contributed by atoms with Crippen LogP contribution in [0.15, 0.2) is 0 Å². The van der Waals surface area contributed by atoms with Crippen LogP contribution in [0.2, 0.25) is 0 Å². The fourth-order valence-electron chi connectivity index (χ4n) is 5.14. The molecule has 0 fully saturated rings. The van der Waals surface area contributed by atoms with Crippen molar-refractivity contribution >= 4 is 5.97 Å². The molecule has 2 heteroatoms. The SMILES string of the molecule is CCCCCCCCCCCCCC(=O)OCCCCCCCCCCCCCCCCCC(C)C. The lowest BCUT2D eigenvalue weighted by Gasteiger charge is -2.06. The van der Waals surface area contributed by atoms with Crippen molar-refractivity contribution in [1.29, 1.82) is 0 Å². The third-order valence-corrected chi connectivity index (χ3v) is 7.67. The summed E-state index contributed by atoms with van der Waals surface area (Å²) in [6, 6.07) is 0. The molecule has 0 bridgehead atoms. The van der Waals surface area contributed by atoms with Crippen molar-refractivity contribution in [2.75, 3.05) is 6.61 Å². The molecule has 0 radical (unpaired) electrons. The fraction of sp³-hybridized carbons (Fsp3) is 0.971. The quantitative estimate of drug-likeness (QED) is 0.0712. The minimum Gasteiger partial charge on any atom is -0.466 e. The maximum Gasteiger partial charge on any atom is 0.305 e. The van der Waals surface area contributed by atoms with Crippen LogP contribution in [-0.4, -0.2) is 12.6 Å². The maximum atomic E-state index is 11.9. The first-order chi connectivity index (χ1) is 17.7. The van der Waals surface area contributed by atoms with Crippen LogP contribution in [-0.2, 0) is 9.53 Å². The van der Waals surface area contributed by atoms with Gasteiger partial charge in [0.25, 0.3) is 0 Å². The molecule has 0 aromatic carbocycles. The van der Waals surface area contributed by atoms with Crippen molar-refractivity contribution in [3.8, 4) is 0 Å². The summed E-state index contributed by atoms with van der Waals surface area (Å²) >= 11 is 0. The van der Waals surface area contributed by atoms with Crippen LogP contribution in [0.4, 0.5) is 0 Å². The predicted molar refractivity (Wildman–Crippen MR) is 161 cm³/mol. The number of ether oxygens (including phenoxy) is 1. The van der Waals surface area contributed by atoms with E-state index < -0.39 is 0 Å². The molecule has 0 aliphatic heterocycles. The van der Waals surface area contributed by atoms with Gasteiger partial charge in [0.05, 0.1) is 6.61 Å². The molecule has 0 rings (SSSR count). The van der Waals surface area contributed by atoms with E-state index in [1.54, 1.807) is 0 Å². The van der Waals surface area contributed by atoms with Gasteiger partial charge in [0.2, 0.25) is 0 Å². The number of hydrogen-bond acceptors (Lipinski definition) is 2. The van der Waals surface area contributed by atoms with Gasteiger partial charge in [-0.25, -0.2) is 0 Å². The minimum atomic E-state index is 0.0250. The Bertz CT molecular complexity index is 417. The van der Waals surface area contributed by atoms with Gasteiger partial charge in [0.15, 0.2) is 0 Å². The molecule has 36 heavy (non-hydrogen) atoms. The first kappa shape index (κ1) is 35.5. The summed E-state index contributed by atoms with van der Waals surface area (Å²) in [4.78, 5) is 11.9. The van der Waals surface area contributed by atoms with Gasteiger partial charge in [-0.1, -0.05) is 181 Å². The highest BCUT2D eigenvalue weighted by Crippen LogP contribution is 2.15. The molecule has 0 saturated carbocycles. The molecule has 0 unspecified atom stereocenters. The highest BCUT2D eigenvalue weighted by atomic mass is 16.5.